The van der Waals surface area contributed by atoms with Crippen molar-refractivity contribution in [2.75, 3.05) is 7.05 Å². The van der Waals surface area contributed by atoms with Crippen LogP contribution in [0.25, 0.3) is 0 Å². The molecule has 110 valence electrons. The van der Waals surface area contributed by atoms with Crippen LogP contribution in [0.3, 0.4) is 0 Å². The topological polar surface area (TPSA) is 29.9 Å². The molecule has 0 aliphatic carbocycles. The fraction of sp³-hybridized carbons (Fsp3) is 0.800. The number of nitrogens with one attached hydrogen (secondary N) is 1. The summed E-state index contributed by atoms with van der Waals surface area (Å²) in [4.78, 5) is 0. The zero-order valence-electron chi connectivity index (χ0n) is 12.8. The molecule has 1 N–H and O–H groups in total. The Labute approximate surface area is 126 Å². The van der Waals surface area contributed by atoms with E-state index in [4.69, 9.17) is 0 Å². The Balaban J connectivity index is 2.75. The number of halogens is 1. The van der Waals surface area contributed by atoms with Gasteiger partial charge in [0.15, 0.2) is 0 Å². The highest BCUT2D eigenvalue weighted by Crippen LogP contribution is 2.24. The van der Waals surface area contributed by atoms with Crippen molar-refractivity contribution < 1.29 is 0 Å². The maximum Gasteiger partial charge on any atom is 0.0766 e. The summed E-state index contributed by atoms with van der Waals surface area (Å²) in [6, 6.07) is 0.551. The van der Waals surface area contributed by atoms with Crippen molar-refractivity contribution in [3.63, 3.8) is 0 Å². The number of hydrogen-bond acceptors (Lipinski definition) is 2. The molecule has 4 heteroatoms. The molecule has 0 bridgehead atoms. The molecular formula is C15H28BrN3. The summed E-state index contributed by atoms with van der Waals surface area (Å²) >= 11 is 3.73. The molecule has 0 saturated heterocycles. The average Bonchev–Trinajstić information content (AvgIpc) is 2.74. The Morgan fingerprint density at radius 1 is 1.26 bits per heavy atom. The average molecular weight is 330 g/mol. The summed E-state index contributed by atoms with van der Waals surface area (Å²) in [6.07, 6.45) is 7.20. The molecule has 0 fully saturated rings. The number of hydrogen-bond donors (Lipinski definition) is 1. The summed E-state index contributed by atoms with van der Waals surface area (Å²) < 4.78 is 3.36. The summed E-state index contributed by atoms with van der Waals surface area (Å²) in [5.41, 5.74) is 2.52. The Hall–Kier alpha value is -0.350. The second-order valence-electron chi connectivity index (χ2n) is 5.06. The lowest BCUT2D eigenvalue weighted by molar-refractivity contribution is 0.471. The first-order valence-corrected chi connectivity index (χ1v) is 8.38. The molecule has 1 aromatic heterocycles. The number of aryl methyl sites for hydroxylation is 2. The molecule has 3 nitrogen and oxygen atoms in total. The van der Waals surface area contributed by atoms with Gasteiger partial charge in [-0.25, -0.2) is 0 Å². The van der Waals surface area contributed by atoms with Gasteiger partial charge >= 0.3 is 0 Å². The lowest BCUT2D eigenvalue weighted by Gasteiger charge is -2.17. The Morgan fingerprint density at radius 2 is 2.00 bits per heavy atom. The SMILES string of the molecule is CCCCCC(Cc1c(Br)c(CC)nn1CC)NC. The highest BCUT2D eigenvalue weighted by atomic mass is 79.9. The molecule has 1 rings (SSSR count). The summed E-state index contributed by atoms with van der Waals surface area (Å²) in [5, 5.41) is 8.13. The van der Waals surface area contributed by atoms with Crippen LogP contribution < -0.4 is 5.32 Å². The van der Waals surface area contributed by atoms with Gasteiger partial charge in [-0.3, -0.25) is 4.68 Å². The fourth-order valence-corrected chi connectivity index (χ4v) is 3.16. The van der Waals surface area contributed by atoms with Gasteiger partial charge in [-0.05, 0) is 42.7 Å². The predicted molar refractivity (Wildman–Crippen MR) is 85.7 cm³/mol. The van der Waals surface area contributed by atoms with Crippen LogP contribution in [0.5, 0.6) is 0 Å². The molecule has 1 unspecified atom stereocenters. The van der Waals surface area contributed by atoms with Crippen molar-refractivity contribution >= 4 is 15.9 Å². The molecule has 19 heavy (non-hydrogen) atoms. The second kappa shape index (κ2) is 8.75. The van der Waals surface area contributed by atoms with Crippen LogP contribution in [-0.2, 0) is 19.4 Å². The summed E-state index contributed by atoms with van der Waals surface area (Å²) in [5.74, 6) is 0. The van der Waals surface area contributed by atoms with E-state index in [0.717, 1.165) is 19.4 Å². The van der Waals surface area contributed by atoms with Crippen LogP contribution in [0.1, 0.15) is 57.8 Å². The quantitative estimate of drug-likeness (QED) is 0.695. The van der Waals surface area contributed by atoms with E-state index in [1.807, 2.05) is 0 Å². The third-order valence-corrected chi connectivity index (χ3v) is 4.61. The Kier molecular flexibility index (Phi) is 7.69. The molecule has 0 aromatic carbocycles. The number of unbranched alkanes of at least 4 members (excludes halogenated alkanes) is 2. The third-order valence-electron chi connectivity index (χ3n) is 3.70. The van der Waals surface area contributed by atoms with Crippen molar-refractivity contribution in [1.29, 1.82) is 0 Å². The van der Waals surface area contributed by atoms with E-state index in [2.05, 4.69) is 58.8 Å². The number of nitrogens with zero attached hydrogens (tertiary/aromatic N) is 2. The molecule has 0 amide bonds. The smallest absolute Gasteiger partial charge is 0.0766 e. The normalized spacial score (nSPS) is 12.9. The third kappa shape index (κ3) is 4.60. The lowest BCUT2D eigenvalue weighted by atomic mass is 10.0. The van der Waals surface area contributed by atoms with Crippen molar-refractivity contribution in [3.8, 4) is 0 Å². The van der Waals surface area contributed by atoms with E-state index in [-0.39, 0.29) is 0 Å². The molecule has 0 spiro atoms. The van der Waals surface area contributed by atoms with Gasteiger partial charge in [-0.15, -0.1) is 0 Å². The van der Waals surface area contributed by atoms with Crippen molar-refractivity contribution in [2.24, 2.45) is 0 Å². The van der Waals surface area contributed by atoms with Gasteiger partial charge in [0, 0.05) is 19.0 Å². The molecule has 1 heterocycles. The Bertz CT molecular complexity index is 374. The van der Waals surface area contributed by atoms with Crippen LogP contribution in [0.15, 0.2) is 4.47 Å². The van der Waals surface area contributed by atoms with Gasteiger partial charge < -0.3 is 5.32 Å². The van der Waals surface area contributed by atoms with E-state index >= 15 is 0 Å². The van der Waals surface area contributed by atoms with E-state index in [1.165, 1.54) is 41.5 Å². The Morgan fingerprint density at radius 3 is 2.53 bits per heavy atom. The highest BCUT2D eigenvalue weighted by Gasteiger charge is 2.17. The van der Waals surface area contributed by atoms with Gasteiger partial charge in [-0.2, -0.15) is 5.10 Å². The highest BCUT2D eigenvalue weighted by molar-refractivity contribution is 9.10. The maximum atomic E-state index is 4.67. The number of rotatable bonds is 9. The number of likely N-dealkylation sites (N-methyl/N-ethyl adjacent to an activating group) is 1. The molecular weight excluding hydrogens is 302 g/mol. The van der Waals surface area contributed by atoms with Crippen molar-refractivity contribution in [2.45, 2.75) is 71.9 Å². The molecule has 0 saturated carbocycles. The monoisotopic (exact) mass is 329 g/mol. The zero-order chi connectivity index (χ0) is 14.3. The first-order valence-electron chi connectivity index (χ1n) is 7.59. The van der Waals surface area contributed by atoms with Crippen LogP contribution in [-0.4, -0.2) is 22.9 Å². The van der Waals surface area contributed by atoms with Crippen molar-refractivity contribution in [1.82, 2.24) is 15.1 Å². The van der Waals surface area contributed by atoms with E-state index in [1.54, 1.807) is 0 Å². The largest absolute Gasteiger partial charge is 0.317 e. The summed E-state index contributed by atoms with van der Waals surface area (Å²) in [7, 11) is 2.07. The minimum atomic E-state index is 0.551. The van der Waals surface area contributed by atoms with E-state index in [9.17, 15) is 0 Å². The summed E-state index contributed by atoms with van der Waals surface area (Å²) in [6.45, 7) is 7.52. The second-order valence-corrected chi connectivity index (χ2v) is 5.86. The van der Waals surface area contributed by atoms with Crippen LogP contribution in [0, 0.1) is 0 Å². The lowest BCUT2D eigenvalue weighted by Crippen LogP contribution is -2.28. The number of aromatic nitrogens is 2. The fourth-order valence-electron chi connectivity index (χ4n) is 2.43. The first-order chi connectivity index (χ1) is 9.17. The van der Waals surface area contributed by atoms with Gasteiger partial charge in [0.1, 0.15) is 0 Å². The van der Waals surface area contributed by atoms with Crippen molar-refractivity contribution in [3.05, 3.63) is 15.9 Å². The first kappa shape index (κ1) is 16.7. The van der Waals surface area contributed by atoms with Crippen LogP contribution in [0.4, 0.5) is 0 Å². The molecule has 0 aliphatic rings. The van der Waals surface area contributed by atoms with Gasteiger partial charge in [0.2, 0.25) is 0 Å². The minimum Gasteiger partial charge on any atom is -0.317 e. The molecule has 0 radical (unpaired) electrons. The molecule has 0 aliphatic heterocycles. The zero-order valence-corrected chi connectivity index (χ0v) is 14.4. The van der Waals surface area contributed by atoms with E-state index < -0.39 is 0 Å². The van der Waals surface area contributed by atoms with Gasteiger partial charge in [0.25, 0.3) is 0 Å². The molecule has 1 aromatic rings. The standard InChI is InChI=1S/C15H28BrN3/c1-5-8-9-10-12(17-4)11-14-15(16)13(6-2)18-19(14)7-3/h12,17H,5-11H2,1-4H3. The van der Waals surface area contributed by atoms with Crippen LogP contribution in [0.2, 0.25) is 0 Å². The maximum absolute atomic E-state index is 4.67. The molecule has 1 atom stereocenters. The minimum absolute atomic E-state index is 0.551. The van der Waals surface area contributed by atoms with Gasteiger partial charge in [0.05, 0.1) is 15.9 Å². The van der Waals surface area contributed by atoms with Gasteiger partial charge in [-0.1, -0.05) is 33.1 Å². The van der Waals surface area contributed by atoms with Crippen LogP contribution >= 0.6 is 15.9 Å². The predicted octanol–water partition coefficient (Wildman–Crippen LogP) is 3.94. The van der Waals surface area contributed by atoms with E-state index in [0.29, 0.717) is 6.04 Å².